The Hall–Kier alpha value is -1.29. The highest BCUT2D eigenvalue weighted by Crippen LogP contribution is 2.25. The molecule has 24 heavy (non-hydrogen) atoms. The normalized spacial score (nSPS) is 17.2. The number of carbonyl (C=O) groups excluding carboxylic acids is 1. The van der Waals surface area contributed by atoms with Crippen LogP contribution in [-0.2, 0) is 4.79 Å². The molecule has 1 atom stereocenters. The first-order valence-electron chi connectivity index (χ1n) is 7.67. The Morgan fingerprint density at radius 3 is 2.88 bits per heavy atom. The van der Waals surface area contributed by atoms with Crippen LogP contribution in [0.25, 0.3) is 0 Å². The van der Waals surface area contributed by atoms with Crippen LogP contribution in [0.2, 0.25) is 5.02 Å². The molecule has 2 rings (SSSR count). The summed E-state index contributed by atoms with van der Waals surface area (Å²) < 4.78 is 0. The molecule has 0 bridgehead atoms. The molecule has 1 saturated heterocycles. The van der Waals surface area contributed by atoms with E-state index < -0.39 is 0 Å². The van der Waals surface area contributed by atoms with E-state index in [0.29, 0.717) is 18.1 Å². The number of pyridine rings is 1. The number of halogens is 2. The minimum absolute atomic E-state index is 0. The minimum atomic E-state index is -0.0339. The van der Waals surface area contributed by atoms with E-state index in [-0.39, 0.29) is 35.9 Å². The summed E-state index contributed by atoms with van der Waals surface area (Å²) in [5.41, 5.74) is 0. The predicted molar refractivity (Wildman–Crippen MR) is 108 cm³/mol. The molecular weight excluding hydrogens is 443 g/mol. The fourth-order valence-electron chi connectivity index (χ4n) is 2.49. The van der Waals surface area contributed by atoms with Crippen LogP contribution in [-0.4, -0.2) is 56.1 Å². The first-order valence-corrected chi connectivity index (χ1v) is 8.05. The van der Waals surface area contributed by atoms with Gasteiger partial charge in [-0.1, -0.05) is 11.6 Å². The van der Waals surface area contributed by atoms with Crippen molar-refractivity contribution in [1.82, 2.24) is 20.9 Å². The Kier molecular flexibility index (Phi) is 9.12. The third kappa shape index (κ3) is 6.31. The van der Waals surface area contributed by atoms with Crippen molar-refractivity contribution in [1.29, 1.82) is 0 Å². The zero-order chi connectivity index (χ0) is 16.7. The number of amides is 1. The van der Waals surface area contributed by atoms with E-state index in [0.717, 1.165) is 31.3 Å². The van der Waals surface area contributed by atoms with Gasteiger partial charge < -0.3 is 20.9 Å². The third-order valence-electron chi connectivity index (χ3n) is 3.58. The lowest BCUT2D eigenvalue weighted by Crippen LogP contribution is -2.46. The molecule has 1 fully saturated rings. The number of guanidine groups is 1. The van der Waals surface area contributed by atoms with Crippen LogP contribution < -0.4 is 20.9 Å². The van der Waals surface area contributed by atoms with Crippen LogP contribution in [0, 0.1) is 0 Å². The second-order valence-electron chi connectivity index (χ2n) is 5.37. The Morgan fingerprint density at radius 2 is 2.21 bits per heavy atom. The van der Waals surface area contributed by atoms with E-state index in [2.05, 4.69) is 30.8 Å². The highest BCUT2D eigenvalue weighted by molar-refractivity contribution is 14.0. The summed E-state index contributed by atoms with van der Waals surface area (Å²) in [5, 5.41) is 9.98. The maximum Gasteiger partial charge on any atom is 0.216 e. The predicted octanol–water partition coefficient (Wildman–Crippen LogP) is 1.23. The molecule has 1 aromatic rings. The molecule has 1 amide bonds. The summed E-state index contributed by atoms with van der Waals surface area (Å²) in [7, 11) is 1.73. The number of nitrogens with zero attached hydrogens (tertiary/aromatic N) is 3. The molecule has 0 saturated carbocycles. The van der Waals surface area contributed by atoms with E-state index in [4.69, 9.17) is 11.6 Å². The van der Waals surface area contributed by atoms with Gasteiger partial charge in [0.2, 0.25) is 5.91 Å². The Morgan fingerprint density at radius 1 is 1.46 bits per heavy atom. The maximum atomic E-state index is 10.8. The molecule has 134 valence electrons. The topological polar surface area (TPSA) is 81.6 Å². The molecule has 1 unspecified atom stereocenters. The Labute approximate surface area is 164 Å². The van der Waals surface area contributed by atoms with Crippen molar-refractivity contribution < 1.29 is 4.79 Å². The summed E-state index contributed by atoms with van der Waals surface area (Å²) in [5.74, 6) is 1.52. The summed E-state index contributed by atoms with van der Waals surface area (Å²) in [6, 6.07) is 3.96. The van der Waals surface area contributed by atoms with E-state index in [1.54, 1.807) is 13.2 Å². The summed E-state index contributed by atoms with van der Waals surface area (Å²) >= 11 is 6.20. The summed E-state index contributed by atoms with van der Waals surface area (Å²) in [6.45, 7) is 4.42. The number of rotatable bonds is 5. The van der Waals surface area contributed by atoms with Gasteiger partial charge in [-0.05, 0) is 18.6 Å². The van der Waals surface area contributed by atoms with Crippen molar-refractivity contribution in [3.05, 3.63) is 23.4 Å². The van der Waals surface area contributed by atoms with Gasteiger partial charge in [0.1, 0.15) is 5.82 Å². The van der Waals surface area contributed by atoms with Gasteiger partial charge in [-0.2, -0.15) is 0 Å². The molecule has 1 aliphatic rings. The lowest BCUT2D eigenvalue weighted by molar-refractivity contribution is -0.118. The van der Waals surface area contributed by atoms with E-state index in [1.165, 1.54) is 6.92 Å². The molecule has 0 aromatic carbocycles. The fraction of sp³-hybridized carbons (Fsp3) is 0.533. The van der Waals surface area contributed by atoms with Crippen molar-refractivity contribution in [3.63, 3.8) is 0 Å². The van der Waals surface area contributed by atoms with Crippen LogP contribution in [0.15, 0.2) is 23.3 Å². The lowest BCUT2D eigenvalue weighted by atomic mass is 10.3. The molecule has 1 aromatic heterocycles. The quantitative estimate of drug-likeness (QED) is 0.263. The standard InChI is InChI=1S/C15H23ClN6O.HI/c1-11(23)18-7-8-20-15(17-2)21-12-5-9-22(10-12)14-13(16)4-3-6-19-14;/h3-4,6,12H,5,7-10H2,1-2H3,(H,18,23)(H2,17,20,21);1H. The Balaban J connectivity index is 0.00000288. The number of aromatic nitrogens is 1. The highest BCUT2D eigenvalue weighted by Gasteiger charge is 2.25. The largest absolute Gasteiger partial charge is 0.355 e. The van der Waals surface area contributed by atoms with Crippen molar-refractivity contribution in [2.24, 2.45) is 4.99 Å². The first-order chi connectivity index (χ1) is 11.1. The van der Waals surface area contributed by atoms with Gasteiger partial charge in [0.25, 0.3) is 0 Å². The number of nitrogens with one attached hydrogen (secondary N) is 3. The molecular formula is C15H24ClIN6O. The van der Waals surface area contributed by atoms with Gasteiger partial charge in [0, 0.05) is 52.4 Å². The fourth-order valence-corrected chi connectivity index (χ4v) is 2.73. The van der Waals surface area contributed by atoms with E-state index >= 15 is 0 Å². The van der Waals surface area contributed by atoms with Crippen molar-refractivity contribution in [2.75, 3.05) is 38.1 Å². The molecule has 0 radical (unpaired) electrons. The average molecular weight is 467 g/mol. The van der Waals surface area contributed by atoms with Gasteiger partial charge in [-0.15, -0.1) is 24.0 Å². The van der Waals surface area contributed by atoms with Crippen LogP contribution in [0.5, 0.6) is 0 Å². The van der Waals surface area contributed by atoms with E-state index in [9.17, 15) is 4.79 Å². The van der Waals surface area contributed by atoms with Gasteiger partial charge in [0.15, 0.2) is 5.96 Å². The number of carbonyl (C=O) groups is 1. The smallest absolute Gasteiger partial charge is 0.216 e. The molecule has 9 heteroatoms. The first kappa shape index (κ1) is 20.8. The van der Waals surface area contributed by atoms with Crippen LogP contribution in [0.1, 0.15) is 13.3 Å². The molecule has 7 nitrogen and oxygen atoms in total. The zero-order valence-electron chi connectivity index (χ0n) is 13.9. The van der Waals surface area contributed by atoms with Gasteiger partial charge in [-0.3, -0.25) is 9.79 Å². The van der Waals surface area contributed by atoms with Crippen molar-refractivity contribution >= 4 is 53.3 Å². The second kappa shape index (κ2) is 10.5. The average Bonchev–Trinajstić information content (AvgIpc) is 2.98. The van der Waals surface area contributed by atoms with E-state index in [1.807, 2.05) is 12.1 Å². The third-order valence-corrected chi connectivity index (χ3v) is 3.88. The number of hydrogen-bond acceptors (Lipinski definition) is 4. The van der Waals surface area contributed by atoms with Gasteiger partial charge >= 0.3 is 0 Å². The van der Waals surface area contributed by atoms with Crippen LogP contribution >= 0.6 is 35.6 Å². The van der Waals surface area contributed by atoms with Gasteiger partial charge in [0.05, 0.1) is 5.02 Å². The second-order valence-corrected chi connectivity index (χ2v) is 5.77. The summed E-state index contributed by atoms with van der Waals surface area (Å²) in [4.78, 5) is 21.6. The molecule has 0 aliphatic carbocycles. The Bertz CT molecular complexity index is 571. The van der Waals surface area contributed by atoms with Crippen molar-refractivity contribution in [2.45, 2.75) is 19.4 Å². The number of anilines is 1. The van der Waals surface area contributed by atoms with Gasteiger partial charge in [-0.25, -0.2) is 4.98 Å². The number of aliphatic imine (C=N–C) groups is 1. The minimum Gasteiger partial charge on any atom is -0.355 e. The van der Waals surface area contributed by atoms with Crippen molar-refractivity contribution in [3.8, 4) is 0 Å². The zero-order valence-corrected chi connectivity index (χ0v) is 17.0. The molecule has 2 heterocycles. The maximum absolute atomic E-state index is 10.8. The number of hydrogen-bond donors (Lipinski definition) is 3. The SMILES string of the molecule is CN=C(NCCNC(C)=O)NC1CCN(c2ncccc2Cl)C1.I. The monoisotopic (exact) mass is 466 g/mol. The lowest BCUT2D eigenvalue weighted by Gasteiger charge is -2.20. The molecule has 1 aliphatic heterocycles. The molecule has 0 spiro atoms. The highest BCUT2D eigenvalue weighted by atomic mass is 127. The van der Waals surface area contributed by atoms with Crippen LogP contribution in [0.3, 0.4) is 0 Å². The summed E-state index contributed by atoms with van der Waals surface area (Å²) in [6.07, 6.45) is 2.74. The van der Waals surface area contributed by atoms with Crippen LogP contribution in [0.4, 0.5) is 5.82 Å². The molecule has 3 N–H and O–H groups in total.